The lowest BCUT2D eigenvalue weighted by Gasteiger charge is -2.47. The van der Waals surface area contributed by atoms with E-state index in [-0.39, 0.29) is 5.91 Å². The SMILES string of the molecule is CCC(=O)Nc1ccc(Sc2nc(Nc3cc(C)n[nH]3)cc(N3CC(O)(c4ccccc4)C3)n2)cc1. The number of H-pyrrole nitrogens is 1. The van der Waals surface area contributed by atoms with Crippen LogP contribution in [-0.2, 0) is 10.4 Å². The Morgan fingerprint density at radius 1 is 1.11 bits per heavy atom. The fourth-order valence-corrected chi connectivity index (χ4v) is 4.71. The summed E-state index contributed by atoms with van der Waals surface area (Å²) in [4.78, 5) is 24.1. The molecular formula is C26H27N7O2S. The molecule has 4 aromatic rings. The van der Waals surface area contributed by atoms with Gasteiger partial charge >= 0.3 is 0 Å². The summed E-state index contributed by atoms with van der Waals surface area (Å²) in [5.41, 5.74) is 1.60. The number of carbonyl (C=O) groups excluding carboxylic acids is 1. The summed E-state index contributed by atoms with van der Waals surface area (Å²) in [6.45, 7) is 4.60. The van der Waals surface area contributed by atoms with Crippen LogP contribution in [-0.4, -0.2) is 44.3 Å². The summed E-state index contributed by atoms with van der Waals surface area (Å²) in [6, 6.07) is 21.0. The van der Waals surface area contributed by atoms with E-state index in [1.165, 1.54) is 11.8 Å². The number of amides is 1. The molecule has 0 unspecified atom stereocenters. The van der Waals surface area contributed by atoms with Gasteiger partial charge in [-0.25, -0.2) is 9.97 Å². The number of β-amino-alcohol motifs (C(OH)–C–C–N with tert-alkyl or cyclic N) is 1. The van der Waals surface area contributed by atoms with E-state index in [4.69, 9.17) is 4.98 Å². The molecule has 9 nitrogen and oxygen atoms in total. The van der Waals surface area contributed by atoms with E-state index >= 15 is 0 Å². The first-order valence-corrected chi connectivity index (χ1v) is 12.5. The van der Waals surface area contributed by atoms with Gasteiger partial charge in [-0.1, -0.05) is 37.3 Å². The van der Waals surface area contributed by atoms with Crippen molar-refractivity contribution in [2.45, 2.75) is 35.9 Å². The predicted molar refractivity (Wildman–Crippen MR) is 141 cm³/mol. The average Bonchev–Trinajstić information content (AvgIpc) is 3.27. The maximum atomic E-state index is 11.6. The van der Waals surface area contributed by atoms with E-state index in [9.17, 15) is 9.90 Å². The van der Waals surface area contributed by atoms with Crippen molar-refractivity contribution in [3.05, 3.63) is 78.0 Å². The molecule has 0 bridgehead atoms. The first kappa shape index (κ1) is 23.8. The van der Waals surface area contributed by atoms with Crippen molar-refractivity contribution in [1.82, 2.24) is 20.2 Å². The molecule has 36 heavy (non-hydrogen) atoms. The van der Waals surface area contributed by atoms with Crippen LogP contribution >= 0.6 is 11.8 Å². The number of nitrogens with zero attached hydrogens (tertiary/aromatic N) is 4. The van der Waals surface area contributed by atoms with Gasteiger partial charge in [0.05, 0.1) is 18.8 Å². The number of carbonyl (C=O) groups is 1. The normalized spacial score (nSPS) is 14.2. The lowest BCUT2D eigenvalue weighted by atomic mass is 9.86. The molecule has 0 radical (unpaired) electrons. The molecule has 1 aliphatic heterocycles. The van der Waals surface area contributed by atoms with E-state index in [0.29, 0.717) is 30.5 Å². The number of aromatic nitrogens is 4. The summed E-state index contributed by atoms with van der Waals surface area (Å²) in [5.74, 6) is 2.04. The van der Waals surface area contributed by atoms with Crippen molar-refractivity contribution in [2.24, 2.45) is 0 Å². The van der Waals surface area contributed by atoms with Crippen molar-refractivity contribution in [3.63, 3.8) is 0 Å². The van der Waals surface area contributed by atoms with Crippen LogP contribution in [0.4, 0.5) is 23.1 Å². The fraction of sp³-hybridized carbons (Fsp3) is 0.231. The van der Waals surface area contributed by atoms with Gasteiger partial charge in [-0.2, -0.15) is 5.10 Å². The van der Waals surface area contributed by atoms with E-state index in [1.807, 2.05) is 85.5 Å². The molecule has 1 saturated heterocycles. The number of benzene rings is 2. The van der Waals surface area contributed by atoms with Crippen LogP contribution in [0.25, 0.3) is 0 Å². The number of rotatable bonds is 8. The first-order valence-electron chi connectivity index (χ1n) is 11.7. The smallest absolute Gasteiger partial charge is 0.224 e. The summed E-state index contributed by atoms with van der Waals surface area (Å²) in [5, 5.41) is 24.9. The van der Waals surface area contributed by atoms with Crippen LogP contribution in [0.1, 0.15) is 24.6 Å². The number of aliphatic hydroxyl groups is 1. The van der Waals surface area contributed by atoms with Crippen molar-refractivity contribution in [3.8, 4) is 0 Å². The predicted octanol–water partition coefficient (Wildman–Crippen LogP) is 4.46. The van der Waals surface area contributed by atoms with Crippen LogP contribution in [0.15, 0.2) is 76.8 Å². The number of nitrogens with one attached hydrogen (secondary N) is 3. The highest BCUT2D eigenvalue weighted by atomic mass is 32.2. The van der Waals surface area contributed by atoms with E-state index in [2.05, 4.69) is 25.8 Å². The molecule has 0 atom stereocenters. The first-order chi connectivity index (χ1) is 17.4. The van der Waals surface area contributed by atoms with E-state index < -0.39 is 5.60 Å². The topological polar surface area (TPSA) is 119 Å². The number of aromatic amines is 1. The van der Waals surface area contributed by atoms with E-state index in [1.54, 1.807) is 0 Å². The zero-order valence-electron chi connectivity index (χ0n) is 20.0. The van der Waals surface area contributed by atoms with Crippen molar-refractivity contribution < 1.29 is 9.90 Å². The Bertz CT molecular complexity index is 1350. The molecule has 2 aromatic heterocycles. The third-order valence-electron chi connectivity index (χ3n) is 5.87. The second-order valence-electron chi connectivity index (χ2n) is 8.72. The Morgan fingerprint density at radius 3 is 2.53 bits per heavy atom. The maximum absolute atomic E-state index is 11.6. The van der Waals surface area contributed by atoms with Gasteiger partial charge in [0.2, 0.25) is 5.91 Å². The number of anilines is 4. The molecule has 1 amide bonds. The van der Waals surface area contributed by atoms with Crippen LogP contribution in [0.3, 0.4) is 0 Å². The molecule has 0 saturated carbocycles. The monoisotopic (exact) mass is 501 g/mol. The largest absolute Gasteiger partial charge is 0.381 e. The number of hydrogen-bond acceptors (Lipinski definition) is 8. The third kappa shape index (κ3) is 5.34. The van der Waals surface area contributed by atoms with Gasteiger partial charge in [-0.3, -0.25) is 9.89 Å². The van der Waals surface area contributed by atoms with E-state index in [0.717, 1.165) is 33.5 Å². The molecule has 2 aromatic carbocycles. The minimum atomic E-state index is -0.910. The van der Waals surface area contributed by atoms with Gasteiger partial charge in [0.1, 0.15) is 23.1 Å². The number of aryl methyl sites for hydroxylation is 1. The molecule has 1 fully saturated rings. The zero-order chi connectivity index (χ0) is 25.1. The van der Waals surface area contributed by atoms with Gasteiger partial charge in [0.15, 0.2) is 5.16 Å². The molecule has 1 aliphatic rings. The van der Waals surface area contributed by atoms with Gasteiger partial charge in [0, 0.05) is 29.1 Å². The Morgan fingerprint density at radius 2 is 1.86 bits per heavy atom. The summed E-state index contributed by atoms with van der Waals surface area (Å²) in [6.07, 6.45) is 0.429. The molecule has 184 valence electrons. The minimum Gasteiger partial charge on any atom is -0.381 e. The van der Waals surface area contributed by atoms with Crippen LogP contribution in [0.5, 0.6) is 0 Å². The van der Waals surface area contributed by atoms with Crippen molar-refractivity contribution >= 4 is 40.8 Å². The van der Waals surface area contributed by atoms with Crippen LogP contribution in [0.2, 0.25) is 0 Å². The number of hydrogen-bond donors (Lipinski definition) is 4. The molecule has 0 aliphatic carbocycles. The lowest BCUT2D eigenvalue weighted by Crippen LogP contribution is -2.59. The second kappa shape index (κ2) is 10.00. The quantitative estimate of drug-likeness (QED) is 0.261. The summed E-state index contributed by atoms with van der Waals surface area (Å²) < 4.78 is 0. The molecule has 4 N–H and O–H groups in total. The van der Waals surface area contributed by atoms with Gasteiger partial charge in [-0.05, 0) is 48.5 Å². The summed E-state index contributed by atoms with van der Waals surface area (Å²) in [7, 11) is 0. The summed E-state index contributed by atoms with van der Waals surface area (Å²) >= 11 is 1.42. The van der Waals surface area contributed by atoms with Crippen molar-refractivity contribution in [2.75, 3.05) is 28.6 Å². The fourth-order valence-electron chi connectivity index (χ4n) is 3.95. The molecule has 3 heterocycles. The highest BCUT2D eigenvalue weighted by Gasteiger charge is 2.43. The highest BCUT2D eigenvalue weighted by molar-refractivity contribution is 7.99. The second-order valence-corrected chi connectivity index (χ2v) is 9.76. The zero-order valence-corrected chi connectivity index (χ0v) is 20.8. The Balaban J connectivity index is 1.37. The standard InChI is InChI=1S/C26H27N7O2S/c1-3-24(34)27-19-9-11-20(12-10-19)36-25-29-21(28-22-13-17(2)31-32-22)14-23(30-25)33-15-26(35,16-33)18-7-5-4-6-8-18/h4-14,35H,3,15-16H2,1-2H3,(H,27,34)(H2,28,29,30,31,32). The minimum absolute atomic E-state index is 0.0267. The lowest BCUT2D eigenvalue weighted by molar-refractivity contribution is -0.115. The molecule has 5 rings (SSSR count). The van der Waals surface area contributed by atoms with Gasteiger partial charge in [-0.15, -0.1) is 0 Å². The Hall–Kier alpha value is -3.89. The molecule has 0 spiro atoms. The van der Waals surface area contributed by atoms with Crippen LogP contribution < -0.4 is 15.5 Å². The molecular weight excluding hydrogens is 474 g/mol. The van der Waals surface area contributed by atoms with Crippen LogP contribution in [0, 0.1) is 6.92 Å². The average molecular weight is 502 g/mol. The molecule has 10 heteroatoms. The van der Waals surface area contributed by atoms with Gasteiger partial charge in [0.25, 0.3) is 0 Å². The maximum Gasteiger partial charge on any atom is 0.224 e. The Labute approximate surface area is 213 Å². The van der Waals surface area contributed by atoms with Gasteiger partial charge < -0.3 is 20.6 Å². The Kier molecular flexibility index (Phi) is 6.62. The third-order valence-corrected chi connectivity index (χ3v) is 6.74. The van der Waals surface area contributed by atoms with Crippen molar-refractivity contribution in [1.29, 1.82) is 0 Å². The highest BCUT2D eigenvalue weighted by Crippen LogP contribution is 2.37.